The van der Waals surface area contributed by atoms with E-state index in [4.69, 9.17) is 0 Å². The van der Waals surface area contributed by atoms with Crippen molar-refractivity contribution >= 4 is 28.6 Å². The molecule has 0 radical (unpaired) electrons. The van der Waals surface area contributed by atoms with Gasteiger partial charge in [0.1, 0.15) is 5.82 Å². The summed E-state index contributed by atoms with van der Waals surface area (Å²) in [5.74, 6) is -0.792. The van der Waals surface area contributed by atoms with Crippen molar-refractivity contribution in [3.05, 3.63) is 41.2 Å². The molecule has 1 fully saturated rings. The van der Waals surface area contributed by atoms with Crippen LogP contribution in [-0.2, 0) is 4.79 Å². The fraction of sp³-hybridized carbons (Fsp3) is 0.167. The minimum absolute atomic E-state index is 0.356. The molecule has 2 amide bonds. The Bertz CT molecular complexity index is 525. The predicted octanol–water partition coefficient (Wildman–Crippen LogP) is 2.43. The summed E-state index contributed by atoms with van der Waals surface area (Å²) < 4.78 is 12.8. The van der Waals surface area contributed by atoms with E-state index >= 15 is 0 Å². The van der Waals surface area contributed by atoms with Crippen LogP contribution in [0, 0.1) is 5.82 Å². The molecule has 0 unspecified atom stereocenters. The molecule has 94 valence electrons. The Morgan fingerprint density at radius 1 is 1.22 bits per heavy atom. The molecular formula is C12H11FN2O2S. The fourth-order valence-corrected chi connectivity index (χ4v) is 2.42. The van der Waals surface area contributed by atoms with Crippen molar-refractivity contribution in [2.45, 2.75) is 0 Å². The zero-order valence-corrected chi connectivity index (χ0v) is 10.7. The molecule has 0 bridgehead atoms. The molecule has 0 atom stereocenters. The van der Waals surface area contributed by atoms with E-state index in [0.29, 0.717) is 10.6 Å². The Morgan fingerprint density at radius 3 is 2.39 bits per heavy atom. The van der Waals surface area contributed by atoms with Gasteiger partial charge in [-0.2, -0.15) is 0 Å². The highest BCUT2D eigenvalue weighted by Crippen LogP contribution is 2.34. The fourth-order valence-electron chi connectivity index (χ4n) is 1.51. The summed E-state index contributed by atoms with van der Waals surface area (Å²) in [6.07, 6.45) is 1.59. The van der Waals surface area contributed by atoms with E-state index in [0.717, 1.165) is 16.7 Å². The molecule has 0 aliphatic carbocycles. The van der Waals surface area contributed by atoms with Crippen molar-refractivity contribution in [3.63, 3.8) is 0 Å². The Balaban J connectivity index is 2.32. The highest BCUT2D eigenvalue weighted by Gasteiger charge is 2.36. The van der Waals surface area contributed by atoms with Gasteiger partial charge in [0.25, 0.3) is 11.1 Å². The third-order valence-electron chi connectivity index (χ3n) is 2.25. The van der Waals surface area contributed by atoms with Crippen LogP contribution in [0.2, 0.25) is 0 Å². The average molecular weight is 266 g/mol. The number of imide groups is 1. The highest BCUT2D eigenvalue weighted by atomic mass is 32.2. The zero-order chi connectivity index (χ0) is 13.3. The number of hydrogen-bond donors (Lipinski definition) is 0. The first-order chi connectivity index (χ1) is 8.49. The van der Waals surface area contributed by atoms with Crippen molar-refractivity contribution in [2.24, 2.45) is 0 Å². The Kier molecular flexibility index (Phi) is 3.38. The molecule has 6 heteroatoms. The third-order valence-corrected chi connectivity index (χ3v) is 3.11. The van der Waals surface area contributed by atoms with Crippen molar-refractivity contribution in [1.29, 1.82) is 0 Å². The summed E-state index contributed by atoms with van der Waals surface area (Å²) >= 11 is 0.872. The van der Waals surface area contributed by atoms with Crippen LogP contribution in [-0.4, -0.2) is 30.1 Å². The normalized spacial score (nSPS) is 17.7. The van der Waals surface area contributed by atoms with Gasteiger partial charge in [-0.05, 0) is 36.0 Å². The van der Waals surface area contributed by atoms with Crippen LogP contribution in [0.15, 0.2) is 35.4 Å². The van der Waals surface area contributed by atoms with E-state index in [-0.39, 0.29) is 11.1 Å². The largest absolute Gasteiger partial charge is 0.382 e. The summed E-state index contributed by atoms with van der Waals surface area (Å²) in [4.78, 5) is 26.9. The van der Waals surface area contributed by atoms with Gasteiger partial charge in [0, 0.05) is 20.3 Å². The van der Waals surface area contributed by atoms with Crippen molar-refractivity contribution < 1.29 is 14.0 Å². The first-order valence-electron chi connectivity index (χ1n) is 5.19. The number of nitrogens with zero attached hydrogens (tertiary/aromatic N) is 2. The number of benzene rings is 1. The number of thioether (sulfide) groups is 1. The molecule has 2 rings (SSSR count). The molecule has 1 heterocycles. The minimum Gasteiger partial charge on any atom is -0.382 e. The van der Waals surface area contributed by atoms with Crippen molar-refractivity contribution in [2.75, 3.05) is 19.0 Å². The summed E-state index contributed by atoms with van der Waals surface area (Å²) in [5, 5.41) is -0.375. The Hall–Kier alpha value is -1.82. The summed E-state index contributed by atoms with van der Waals surface area (Å²) in [7, 11) is 3.54. The van der Waals surface area contributed by atoms with Gasteiger partial charge < -0.3 is 4.90 Å². The maximum absolute atomic E-state index is 12.8. The van der Waals surface area contributed by atoms with Crippen LogP contribution < -0.4 is 4.90 Å². The Labute approximate surface area is 108 Å². The number of rotatable bonds is 2. The lowest BCUT2D eigenvalue weighted by atomic mass is 10.3. The molecule has 1 saturated heterocycles. The number of carbonyl (C=O) groups excluding carboxylic acids is 2. The second-order valence-corrected chi connectivity index (χ2v) is 4.94. The van der Waals surface area contributed by atoms with Crippen LogP contribution in [0.4, 0.5) is 14.9 Å². The maximum atomic E-state index is 12.8. The predicted molar refractivity (Wildman–Crippen MR) is 68.6 cm³/mol. The van der Waals surface area contributed by atoms with Gasteiger partial charge in [-0.3, -0.25) is 9.59 Å². The van der Waals surface area contributed by atoms with Crippen LogP contribution in [0.1, 0.15) is 0 Å². The molecule has 0 saturated carbocycles. The summed E-state index contributed by atoms with van der Waals surface area (Å²) in [6, 6.07) is 5.25. The SMILES string of the molecule is CN(C)/C=C1\SC(=O)N(c2ccc(F)cc2)C1=O. The number of carbonyl (C=O) groups is 2. The zero-order valence-electron chi connectivity index (χ0n) is 9.88. The van der Waals surface area contributed by atoms with Gasteiger partial charge in [-0.15, -0.1) is 0 Å². The van der Waals surface area contributed by atoms with E-state index in [1.165, 1.54) is 24.3 Å². The molecule has 1 aliphatic rings. The summed E-state index contributed by atoms with van der Waals surface area (Å²) in [5.41, 5.74) is 0.376. The topological polar surface area (TPSA) is 40.6 Å². The van der Waals surface area contributed by atoms with Gasteiger partial charge in [-0.25, -0.2) is 9.29 Å². The maximum Gasteiger partial charge on any atom is 0.298 e. The molecule has 1 aromatic rings. The first kappa shape index (κ1) is 12.6. The molecule has 1 aromatic carbocycles. The number of amides is 2. The van der Waals surface area contributed by atoms with Crippen LogP contribution in [0.5, 0.6) is 0 Å². The minimum atomic E-state index is -0.408. The summed E-state index contributed by atoms with van der Waals surface area (Å²) in [6.45, 7) is 0. The Morgan fingerprint density at radius 2 is 1.83 bits per heavy atom. The number of hydrogen-bond acceptors (Lipinski definition) is 4. The molecule has 18 heavy (non-hydrogen) atoms. The van der Waals surface area contributed by atoms with E-state index in [2.05, 4.69) is 0 Å². The van der Waals surface area contributed by atoms with Crippen LogP contribution in [0.25, 0.3) is 0 Å². The molecule has 0 N–H and O–H groups in total. The van der Waals surface area contributed by atoms with Crippen molar-refractivity contribution in [3.8, 4) is 0 Å². The standard InChI is InChI=1S/C12H11FN2O2S/c1-14(2)7-10-11(16)15(12(17)18-10)9-5-3-8(13)4-6-9/h3-7H,1-2H3/b10-7-. The lowest BCUT2D eigenvalue weighted by Gasteiger charge is -2.12. The van der Waals surface area contributed by atoms with Crippen LogP contribution >= 0.6 is 11.8 Å². The van der Waals surface area contributed by atoms with Gasteiger partial charge in [-0.1, -0.05) is 0 Å². The van der Waals surface area contributed by atoms with E-state index in [9.17, 15) is 14.0 Å². The van der Waals surface area contributed by atoms with Gasteiger partial charge in [0.05, 0.1) is 10.6 Å². The number of anilines is 1. The van der Waals surface area contributed by atoms with E-state index < -0.39 is 5.82 Å². The second kappa shape index (κ2) is 4.81. The quantitative estimate of drug-likeness (QED) is 0.771. The van der Waals surface area contributed by atoms with Gasteiger partial charge in [0.2, 0.25) is 0 Å². The number of halogens is 1. The highest BCUT2D eigenvalue weighted by molar-refractivity contribution is 8.18. The van der Waals surface area contributed by atoms with Gasteiger partial charge >= 0.3 is 0 Å². The second-order valence-electron chi connectivity index (χ2n) is 3.94. The van der Waals surface area contributed by atoms with Crippen molar-refractivity contribution in [1.82, 2.24) is 4.90 Å². The van der Waals surface area contributed by atoms with E-state index in [1.54, 1.807) is 25.2 Å². The monoisotopic (exact) mass is 266 g/mol. The molecule has 0 spiro atoms. The lowest BCUT2D eigenvalue weighted by molar-refractivity contribution is -0.113. The van der Waals surface area contributed by atoms with E-state index in [1.807, 2.05) is 0 Å². The van der Waals surface area contributed by atoms with Gasteiger partial charge in [0.15, 0.2) is 0 Å². The smallest absolute Gasteiger partial charge is 0.298 e. The molecule has 4 nitrogen and oxygen atoms in total. The van der Waals surface area contributed by atoms with Crippen LogP contribution in [0.3, 0.4) is 0 Å². The average Bonchev–Trinajstić information content (AvgIpc) is 2.55. The molecule has 0 aromatic heterocycles. The third kappa shape index (κ3) is 2.38. The molecule has 1 aliphatic heterocycles. The first-order valence-corrected chi connectivity index (χ1v) is 6.01. The lowest BCUT2D eigenvalue weighted by Crippen LogP contribution is -2.27. The molecular weight excluding hydrogens is 255 g/mol.